The van der Waals surface area contributed by atoms with Crippen LogP contribution in [0.4, 0.5) is 0 Å². The van der Waals surface area contributed by atoms with Gasteiger partial charge in [0.2, 0.25) is 0 Å². The lowest BCUT2D eigenvalue weighted by Crippen LogP contribution is -2.30. The highest BCUT2D eigenvalue weighted by Crippen LogP contribution is 2.39. The maximum atomic E-state index is 13.1. The number of aliphatic hydroxyl groups excluding tert-OH is 1. The third-order valence-electron chi connectivity index (χ3n) is 4.87. The summed E-state index contributed by atoms with van der Waals surface area (Å²) in [5.74, 6) is -0.997. The number of amides is 1. The average Bonchev–Trinajstić information content (AvgIpc) is 3.35. The fraction of sp³-hybridized carbons (Fsp3) is 0.0833. The van der Waals surface area contributed by atoms with E-state index in [-0.39, 0.29) is 12.1 Å². The Bertz CT molecular complexity index is 1130. The van der Waals surface area contributed by atoms with Crippen molar-refractivity contribution in [1.82, 2.24) is 4.90 Å². The summed E-state index contributed by atoms with van der Waals surface area (Å²) in [7, 11) is 0. The molecular weight excluding hydrogens is 446 g/mol. The maximum Gasteiger partial charge on any atom is 0.290 e. The number of benzene rings is 2. The van der Waals surface area contributed by atoms with Crippen molar-refractivity contribution in [2.45, 2.75) is 12.6 Å². The third kappa shape index (κ3) is 4.00. The molecule has 5 nitrogen and oxygen atoms in total. The molecular formula is C24H18BrNO4. The average molecular weight is 464 g/mol. The van der Waals surface area contributed by atoms with Gasteiger partial charge in [-0.3, -0.25) is 9.59 Å². The van der Waals surface area contributed by atoms with E-state index in [4.69, 9.17) is 4.42 Å². The second-order valence-electron chi connectivity index (χ2n) is 6.84. The Kier molecular flexibility index (Phi) is 5.68. The van der Waals surface area contributed by atoms with E-state index in [0.29, 0.717) is 11.3 Å². The minimum absolute atomic E-state index is 0.0526. The Morgan fingerprint density at radius 2 is 1.90 bits per heavy atom. The normalized spacial score (nSPS) is 16.6. The van der Waals surface area contributed by atoms with Gasteiger partial charge < -0.3 is 14.4 Å². The second kappa shape index (κ2) is 8.55. The highest BCUT2D eigenvalue weighted by Gasteiger charge is 2.43. The summed E-state index contributed by atoms with van der Waals surface area (Å²) in [5.41, 5.74) is 1.61. The van der Waals surface area contributed by atoms with Crippen LogP contribution in [0.3, 0.4) is 0 Å². The lowest BCUT2D eigenvalue weighted by atomic mass is 9.95. The first kappa shape index (κ1) is 19.9. The number of ketones is 1. The Hall–Kier alpha value is -3.38. The van der Waals surface area contributed by atoms with Gasteiger partial charge in [-0.15, -0.1) is 0 Å². The number of carbonyl (C=O) groups is 2. The van der Waals surface area contributed by atoms with Crippen LogP contribution in [0.5, 0.6) is 0 Å². The first-order chi connectivity index (χ1) is 14.5. The molecule has 0 radical (unpaired) electrons. The monoisotopic (exact) mass is 463 g/mol. The Morgan fingerprint density at radius 3 is 2.60 bits per heavy atom. The van der Waals surface area contributed by atoms with Crippen molar-refractivity contribution < 1.29 is 19.1 Å². The SMILES string of the molecule is O=C(/C=C/c1ccccc1)C1=C(O)C(=O)N(Cc2ccco2)C1c1cccc(Br)c1. The van der Waals surface area contributed by atoms with Crippen LogP contribution < -0.4 is 0 Å². The minimum Gasteiger partial charge on any atom is -0.503 e. The van der Waals surface area contributed by atoms with Crippen LogP contribution in [0.1, 0.15) is 22.9 Å². The molecule has 0 fully saturated rings. The standard InChI is InChI=1S/C24H18BrNO4/c25-18-9-4-8-17(14-18)22-21(20(27)12-11-16-6-2-1-3-7-16)23(28)24(29)26(22)15-19-10-5-13-30-19/h1-14,22,28H,15H2/b12-11+. The second-order valence-corrected chi connectivity index (χ2v) is 7.76. The van der Waals surface area contributed by atoms with E-state index in [0.717, 1.165) is 10.0 Å². The van der Waals surface area contributed by atoms with E-state index < -0.39 is 23.5 Å². The van der Waals surface area contributed by atoms with Gasteiger partial charge >= 0.3 is 0 Å². The number of rotatable bonds is 6. The molecule has 1 atom stereocenters. The molecule has 1 aliphatic rings. The maximum absolute atomic E-state index is 13.1. The van der Waals surface area contributed by atoms with Crippen LogP contribution in [0, 0.1) is 0 Å². The first-order valence-electron chi connectivity index (χ1n) is 9.34. The number of hydrogen-bond acceptors (Lipinski definition) is 4. The molecule has 1 amide bonds. The van der Waals surface area contributed by atoms with E-state index in [2.05, 4.69) is 15.9 Å². The molecule has 0 spiro atoms. The van der Waals surface area contributed by atoms with Crippen LogP contribution in [0.15, 0.2) is 99.3 Å². The van der Waals surface area contributed by atoms with Crippen molar-refractivity contribution >= 4 is 33.7 Å². The summed E-state index contributed by atoms with van der Waals surface area (Å²) in [6.45, 7) is 0.131. The van der Waals surface area contributed by atoms with Gasteiger partial charge in [0.05, 0.1) is 24.4 Å². The number of furan rings is 1. The van der Waals surface area contributed by atoms with Crippen molar-refractivity contribution in [2.75, 3.05) is 0 Å². The summed E-state index contributed by atoms with van der Waals surface area (Å²) in [5, 5.41) is 10.6. The number of nitrogens with zero attached hydrogens (tertiary/aromatic N) is 1. The van der Waals surface area contributed by atoms with Gasteiger partial charge in [-0.2, -0.15) is 0 Å². The van der Waals surface area contributed by atoms with Gasteiger partial charge in [-0.05, 0) is 41.5 Å². The topological polar surface area (TPSA) is 70.8 Å². The fourth-order valence-electron chi connectivity index (χ4n) is 3.49. The van der Waals surface area contributed by atoms with Gasteiger partial charge in [-0.1, -0.05) is 64.5 Å². The summed E-state index contributed by atoms with van der Waals surface area (Å²) in [6, 6.07) is 19.5. The van der Waals surface area contributed by atoms with Crippen molar-refractivity contribution in [3.05, 3.63) is 112 Å². The first-order valence-corrected chi connectivity index (χ1v) is 10.1. The molecule has 1 unspecified atom stereocenters. The smallest absolute Gasteiger partial charge is 0.290 e. The number of halogens is 1. The quantitative estimate of drug-likeness (QED) is 0.508. The number of carbonyl (C=O) groups excluding carboxylic acids is 2. The van der Waals surface area contributed by atoms with Gasteiger partial charge in [0, 0.05) is 4.47 Å². The van der Waals surface area contributed by atoms with E-state index in [1.165, 1.54) is 17.2 Å². The van der Waals surface area contributed by atoms with Crippen LogP contribution in [0.2, 0.25) is 0 Å². The molecule has 30 heavy (non-hydrogen) atoms. The van der Waals surface area contributed by atoms with Gasteiger partial charge in [0.1, 0.15) is 5.76 Å². The van der Waals surface area contributed by atoms with Gasteiger partial charge in [0.15, 0.2) is 11.5 Å². The van der Waals surface area contributed by atoms with Crippen molar-refractivity contribution in [2.24, 2.45) is 0 Å². The van der Waals surface area contributed by atoms with Crippen LogP contribution >= 0.6 is 15.9 Å². The van der Waals surface area contributed by atoms with E-state index in [1.54, 1.807) is 18.2 Å². The molecule has 150 valence electrons. The zero-order valence-corrected chi connectivity index (χ0v) is 17.5. The molecule has 0 saturated heterocycles. The third-order valence-corrected chi connectivity index (χ3v) is 5.36. The number of hydrogen-bond donors (Lipinski definition) is 1. The molecule has 0 saturated carbocycles. The summed E-state index contributed by atoms with van der Waals surface area (Å²) in [4.78, 5) is 27.4. The van der Waals surface area contributed by atoms with E-state index in [1.807, 2.05) is 54.6 Å². The highest BCUT2D eigenvalue weighted by atomic mass is 79.9. The summed E-state index contributed by atoms with van der Waals surface area (Å²) in [6.07, 6.45) is 4.57. The number of aliphatic hydroxyl groups is 1. The Morgan fingerprint density at radius 1 is 1.10 bits per heavy atom. The summed E-state index contributed by atoms with van der Waals surface area (Å²) < 4.78 is 6.19. The van der Waals surface area contributed by atoms with Crippen molar-refractivity contribution in [3.63, 3.8) is 0 Å². The molecule has 4 rings (SSSR count). The molecule has 1 aliphatic heterocycles. The highest BCUT2D eigenvalue weighted by molar-refractivity contribution is 9.10. The molecule has 3 aromatic rings. The van der Waals surface area contributed by atoms with Crippen molar-refractivity contribution in [3.8, 4) is 0 Å². The largest absolute Gasteiger partial charge is 0.503 e. The molecule has 6 heteroatoms. The molecule has 0 aliphatic carbocycles. The predicted molar refractivity (Wildman–Crippen MR) is 116 cm³/mol. The molecule has 2 heterocycles. The zero-order valence-electron chi connectivity index (χ0n) is 15.9. The predicted octanol–water partition coefficient (Wildman–Crippen LogP) is 5.22. The zero-order chi connectivity index (χ0) is 21.1. The van der Waals surface area contributed by atoms with Crippen LogP contribution in [0.25, 0.3) is 6.08 Å². The Balaban J connectivity index is 1.73. The lowest BCUT2D eigenvalue weighted by molar-refractivity contribution is -0.130. The molecule has 1 aromatic heterocycles. The van der Waals surface area contributed by atoms with E-state index in [9.17, 15) is 14.7 Å². The van der Waals surface area contributed by atoms with Crippen LogP contribution in [-0.2, 0) is 16.1 Å². The molecule has 0 bridgehead atoms. The van der Waals surface area contributed by atoms with E-state index >= 15 is 0 Å². The molecule has 1 N–H and O–H groups in total. The Labute approximate surface area is 182 Å². The fourth-order valence-corrected chi connectivity index (χ4v) is 3.90. The van der Waals surface area contributed by atoms with Crippen molar-refractivity contribution in [1.29, 1.82) is 0 Å². The minimum atomic E-state index is -0.729. The van der Waals surface area contributed by atoms with Crippen LogP contribution in [-0.4, -0.2) is 21.7 Å². The molecule has 2 aromatic carbocycles. The number of allylic oxidation sites excluding steroid dienone is 1. The lowest BCUT2D eigenvalue weighted by Gasteiger charge is -2.26. The van der Waals surface area contributed by atoms with Gasteiger partial charge in [-0.25, -0.2) is 0 Å². The summed E-state index contributed by atoms with van der Waals surface area (Å²) >= 11 is 3.44. The van der Waals surface area contributed by atoms with Gasteiger partial charge in [0.25, 0.3) is 5.91 Å².